The molecular formula is C14H22. The van der Waals surface area contributed by atoms with Crippen molar-refractivity contribution in [1.29, 1.82) is 0 Å². The van der Waals surface area contributed by atoms with Crippen LogP contribution in [-0.2, 0) is 0 Å². The van der Waals surface area contributed by atoms with Crippen LogP contribution in [0.1, 0.15) is 52.9 Å². The van der Waals surface area contributed by atoms with Gasteiger partial charge in [0.2, 0.25) is 0 Å². The van der Waals surface area contributed by atoms with Crippen LogP contribution in [-0.4, -0.2) is 0 Å². The van der Waals surface area contributed by atoms with Gasteiger partial charge in [-0.3, -0.25) is 0 Å². The van der Waals surface area contributed by atoms with Crippen molar-refractivity contribution in [2.75, 3.05) is 0 Å². The molecule has 4 aliphatic rings. The lowest BCUT2D eigenvalue weighted by Gasteiger charge is -2.16. The second-order valence-electron chi connectivity index (χ2n) is 6.86. The zero-order chi connectivity index (χ0) is 9.77. The van der Waals surface area contributed by atoms with Crippen molar-refractivity contribution in [3.05, 3.63) is 0 Å². The van der Waals surface area contributed by atoms with Gasteiger partial charge in [0.1, 0.15) is 0 Å². The minimum atomic E-state index is 0.873. The second-order valence-corrected chi connectivity index (χ2v) is 6.86. The highest BCUT2D eigenvalue weighted by Gasteiger charge is 3.09. The Balaban J connectivity index is 1.46. The van der Waals surface area contributed by atoms with E-state index in [1.165, 1.54) is 18.8 Å². The molecule has 0 heteroatoms. The summed E-state index contributed by atoms with van der Waals surface area (Å²) >= 11 is 0. The van der Waals surface area contributed by atoms with Crippen molar-refractivity contribution < 1.29 is 0 Å². The van der Waals surface area contributed by atoms with Crippen LogP contribution >= 0.6 is 0 Å². The maximum atomic E-state index is 2.62. The summed E-state index contributed by atoms with van der Waals surface area (Å²) < 4.78 is 0. The zero-order valence-electron chi connectivity index (χ0n) is 9.77. The number of hydrogen-bond donors (Lipinski definition) is 0. The summed E-state index contributed by atoms with van der Waals surface area (Å²) in [6, 6.07) is 0. The summed E-state index contributed by atoms with van der Waals surface area (Å²) in [6.07, 6.45) is 7.62. The van der Waals surface area contributed by atoms with Crippen molar-refractivity contribution in [2.45, 2.75) is 52.9 Å². The molecule has 0 amide bonds. The average molecular weight is 190 g/mol. The van der Waals surface area contributed by atoms with E-state index < -0.39 is 0 Å². The molecule has 0 aromatic rings. The molecule has 0 aromatic heterocycles. The molecule has 6 unspecified atom stereocenters. The Morgan fingerprint density at radius 1 is 1.21 bits per heavy atom. The van der Waals surface area contributed by atoms with Crippen molar-refractivity contribution in [3.63, 3.8) is 0 Å². The van der Waals surface area contributed by atoms with Gasteiger partial charge in [0.15, 0.2) is 0 Å². The van der Waals surface area contributed by atoms with Gasteiger partial charge in [0.05, 0.1) is 0 Å². The fourth-order valence-electron chi connectivity index (χ4n) is 5.98. The molecule has 0 aliphatic heterocycles. The van der Waals surface area contributed by atoms with E-state index in [4.69, 9.17) is 0 Å². The number of fused-ring (bicyclic) bond motifs is 5. The van der Waals surface area contributed by atoms with E-state index in [-0.39, 0.29) is 0 Å². The van der Waals surface area contributed by atoms with E-state index in [1.807, 2.05) is 0 Å². The van der Waals surface area contributed by atoms with E-state index in [9.17, 15) is 0 Å². The Kier molecular flexibility index (Phi) is 1.07. The second kappa shape index (κ2) is 1.83. The highest BCUT2D eigenvalue weighted by atomic mass is 15.1. The first-order valence-electron chi connectivity index (χ1n) is 6.66. The normalized spacial score (nSPS) is 70.9. The van der Waals surface area contributed by atoms with Crippen LogP contribution in [0.4, 0.5) is 0 Å². The number of unbranched alkanes of at least 4 members (excludes halogenated alkanes) is 1. The topological polar surface area (TPSA) is 0 Å². The predicted octanol–water partition coefficient (Wildman–Crippen LogP) is 3.86. The third kappa shape index (κ3) is 0.498. The molecule has 0 bridgehead atoms. The first-order valence-corrected chi connectivity index (χ1v) is 6.66. The lowest BCUT2D eigenvalue weighted by Crippen LogP contribution is -2.12. The first-order chi connectivity index (χ1) is 6.66. The van der Waals surface area contributed by atoms with Crippen LogP contribution in [0.5, 0.6) is 0 Å². The molecule has 2 spiro atoms. The third-order valence-electron chi connectivity index (χ3n) is 6.80. The highest BCUT2D eigenvalue weighted by Crippen LogP contribution is 3.13. The van der Waals surface area contributed by atoms with Crippen LogP contribution < -0.4 is 0 Å². The Morgan fingerprint density at radius 2 is 1.86 bits per heavy atom. The van der Waals surface area contributed by atoms with Crippen LogP contribution in [0.15, 0.2) is 0 Å². The molecule has 0 saturated heterocycles. The Labute approximate surface area is 87.5 Å². The monoisotopic (exact) mass is 190 g/mol. The van der Waals surface area contributed by atoms with Crippen LogP contribution in [0, 0.1) is 34.0 Å². The van der Waals surface area contributed by atoms with Gasteiger partial charge in [0, 0.05) is 0 Å². The highest BCUT2D eigenvalue weighted by molar-refractivity contribution is 5.55. The van der Waals surface area contributed by atoms with Gasteiger partial charge in [-0.25, -0.2) is 0 Å². The maximum absolute atomic E-state index is 2.62. The predicted molar refractivity (Wildman–Crippen MR) is 57.9 cm³/mol. The fraction of sp³-hybridized carbons (Fsp3) is 1.00. The Morgan fingerprint density at radius 3 is 2.36 bits per heavy atom. The summed E-state index contributed by atoms with van der Waals surface area (Å²) in [6.45, 7) is 7.43. The minimum Gasteiger partial charge on any atom is -0.0654 e. The molecule has 0 nitrogen and oxygen atoms in total. The standard InChI is InChI=1S/C14H22/c1-4-5-6-10-8-14(10)11-12(14,3)13(11)7-9(13)2/h9-11H,4-8H2,1-3H3. The third-order valence-corrected chi connectivity index (χ3v) is 6.80. The van der Waals surface area contributed by atoms with E-state index in [0.717, 1.165) is 28.1 Å². The van der Waals surface area contributed by atoms with Crippen molar-refractivity contribution in [3.8, 4) is 0 Å². The number of rotatable bonds is 3. The first kappa shape index (κ1) is 8.19. The Hall–Kier alpha value is 0. The molecule has 0 heterocycles. The van der Waals surface area contributed by atoms with E-state index in [1.54, 1.807) is 19.3 Å². The molecule has 4 rings (SSSR count). The molecule has 14 heavy (non-hydrogen) atoms. The van der Waals surface area contributed by atoms with E-state index >= 15 is 0 Å². The van der Waals surface area contributed by atoms with Crippen LogP contribution in [0.3, 0.4) is 0 Å². The molecule has 6 atom stereocenters. The van der Waals surface area contributed by atoms with Gasteiger partial charge in [-0.15, -0.1) is 0 Å². The molecular weight excluding hydrogens is 168 g/mol. The lowest BCUT2D eigenvalue weighted by molar-refractivity contribution is 0.307. The van der Waals surface area contributed by atoms with Crippen molar-refractivity contribution in [2.24, 2.45) is 34.0 Å². The molecule has 78 valence electrons. The van der Waals surface area contributed by atoms with Gasteiger partial charge in [-0.05, 0) is 53.3 Å². The fourth-order valence-corrected chi connectivity index (χ4v) is 5.98. The molecule has 0 aromatic carbocycles. The van der Waals surface area contributed by atoms with E-state index in [2.05, 4.69) is 20.8 Å². The van der Waals surface area contributed by atoms with Gasteiger partial charge in [-0.2, -0.15) is 0 Å². The SMILES string of the molecule is CCCCC1CC12C1C3(CC3C)C12C. The smallest absolute Gasteiger partial charge is 0.0162 e. The summed E-state index contributed by atoms with van der Waals surface area (Å²) in [4.78, 5) is 0. The maximum Gasteiger partial charge on any atom is -0.0162 e. The lowest BCUT2D eigenvalue weighted by atomic mass is 9.88. The van der Waals surface area contributed by atoms with Gasteiger partial charge < -0.3 is 0 Å². The van der Waals surface area contributed by atoms with Crippen LogP contribution in [0.25, 0.3) is 0 Å². The van der Waals surface area contributed by atoms with Gasteiger partial charge in [0.25, 0.3) is 0 Å². The molecule has 0 N–H and O–H groups in total. The summed E-state index contributed by atoms with van der Waals surface area (Å²) in [5, 5.41) is 0. The summed E-state index contributed by atoms with van der Waals surface area (Å²) in [5.74, 6) is 3.46. The minimum absolute atomic E-state index is 0.873. The summed E-state index contributed by atoms with van der Waals surface area (Å²) in [5.41, 5.74) is 2.73. The van der Waals surface area contributed by atoms with Gasteiger partial charge >= 0.3 is 0 Å². The zero-order valence-corrected chi connectivity index (χ0v) is 9.77. The average Bonchev–Trinajstić information content (AvgIpc) is 3.00. The van der Waals surface area contributed by atoms with Crippen molar-refractivity contribution in [1.82, 2.24) is 0 Å². The van der Waals surface area contributed by atoms with Crippen molar-refractivity contribution >= 4 is 0 Å². The van der Waals surface area contributed by atoms with Gasteiger partial charge in [-0.1, -0.05) is 33.6 Å². The Bertz CT molecular complexity index is 320. The molecule has 4 fully saturated rings. The molecule has 4 aliphatic carbocycles. The summed E-state index contributed by atoms with van der Waals surface area (Å²) in [7, 11) is 0. The van der Waals surface area contributed by atoms with Crippen LogP contribution in [0.2, 0.25) is 0 Å². The molecule has 0 radical (unpaired) electrons. The van der Waals surface area contributed by atoms with E-state index in [0.29, 0.717) is 0 Å². The number of hydrogen-bond acceptors (Lipinski definition) is 0. The molecule has 4 saturated carbocycles. The largest absolute Gasteiger partial charge is 0.0654 e. The quantitative estimate of drug-likeness (QED) is 0.634.